The number of fused-ring (bicyclic) bond motifs is 1. The number of halogens is 5. The molecule has 2 aromatic carbocycles. The minimum absolute atomic E-state index is 0.0474. The molecule has 1 aromatic heterocycles. The topological polar surface area (TPSA) is 30.9 Å². The van der Waals surface area contributed by atoms with Gasteiger partial charge in [0.05, 0.1) is 6.61 Å². The molecule has 0 radical (unpaired) electrons. The molecule has 1 aliphatic heterocycles. The van der Waals surface area contributed by atoms with Crippen LogP contribution in [0.25, 0.3) is 5.69 Å². The Hall–Kier alpha value is -2.81. The van der Waals surface area contributed by atoms with Crippen LogP contribution in [0.3, 0.4) is 0 Å². The van der Waals surface area contributed by atoms with E-state index in [1.165, 1.54) is 6.33 Å². The van der Waals surface area contributed by atoms with E-state index in [4.69, 9.17) is 4.74 Å². The van der Waals surface area contributed by atoms with Gasteiger partial charge in [-0.3, -0.25) is 0 Å². The third kappa shape index (κ3) is 2.47. The maximum atomic E-state index is 14.1. The zero-order valence-electron chi connectivity index (χ0n) is 13.1. The Morgan fingerprint density at radius 1 is 0.923 bits per heavy atom. The second-order valence-corrected chi connectivity index (χ2v) is 5.74. The summed E-state index contributed by atoms with van der Waals surface area (Å²) in [5.41, 5.74) is -0.273. The second-order valence-electron chi connectivity index (χ2n) is 5.74. The summed E-state index contributed by atoms with van der Waals surface area (Å²) in [5, 5.41) is 3.95. The summed E-state index contributed by atoms with van der Waals surface area (Å²) < 4.78 is 76.0. The van der Waals surface area contributed by atoms with Crippen LogP contribution in [0.1, 0.15) is 17.4 Å². The van der Waals surface area contributed by atoms with Gasteiger partial charge in [0.2, 0.25) is 41.1 Å². The highest BCUT2D eigenvalue weighted by atomic mass is 19.2. The van der Waals surface area contributed by atoms with Crippen molar-refractivity contribution in [2.75, 3.05) is 6.61 Å². The summed E-state index contributed by atoms with van der Waals surface area (Å²) in [4.78, 5) is 0. The Bertz CT molecular complexity index is 961. The van der Waals surface area contributed by atoms with Gasteiger partial charge >= 0.3 is 5.82 Å². The van der Waals surface area contributed by atoms with Crippen LogP contribution in [0.4, 0.5) is 22.0 Å². The van der Waals surface area contributed by atoms with Crippen LogP contribution < -0.4 is 4.57 Å². The van der Waals surface area contributed by atoms with E-state index in [1.807, 2.05) is 30.3 Å². The van der Waals surface area contributed by atoms with Crippen molar-refractivity contribution in [2.45, 2.75) is 12.6 Å². The Kier molecular flexibility index (Phi) is 3.95. The predicted octanol–water partition coefficient (Wildman–Crippen LogP) is 2.97. The molecule has 0 N–H and O–H groups in total. The smallest absolute Gasteiger partial charge is 0.304 e. The number of aromatic nitrogens is 3. The molecule has 9 heteroatoms. The van der Waals surface area contributed by atoms with Crippen LogP contribution in [0.15, 0.2) is 36.7 Å². The number of nitrogens with zero attached hydrogens (tertiary/aromatic N) is 3. The van der Waals surface area contributed by atoms with Gasteiger partial charge in [-0.1, -0.05) is 35.0 Å². The quantitative estimate of drug-likeness (QED) is 0.301. The molecule has 2 heterocycles. The van der Waals surface area contributed by atoms with Gasteiger partial charge in [0, 0.05) is 5.10 Å². The van der Waals surface area contributed by atoms with E-state index in [2.05, 4.69) is 5.10 Å². The van der Waals surface area contributed by atoms with Crippen molar-refractivity contribution in [3.63, 3.8) is 0 Å². The molecule has 1 aliphatic rings. The van der Waals surface area contributed by atoms with Gasteiger partial charge in [-0.25, -0.2) is 17.7 Å². The number of hydrogen-bond acceptors (Lipinski definition) is 2. The molecule has 134 valence electrons. The van der Waals surface area contributed by atoms with Crippen molar-refractivity contribution < 1.29 is 31.3 Å². The zero-order chi connectivity index (χ0) is 18.4. The van der Waals surface area contributed by atoms with E-state index in [-0.39, 0.29) is 19.3 Å². The lowest BCUT2D eigenvalue weighted by Crippen LogP contribution is -2.48. The molecule has 4 rings (SSSR count). The van der Waals surface area contributed by atoms with Gasteiger partial charge in [0.25, 0.3) is 0 Å². The molecule has 0 amide bonds. The summed E-state index contributed by atoms with van der Waals surface area (Å²) in [6, 6.07) is 8.81. The largest absolute Gasteiger partial charge is 0.366 e. The lowest BCUT2D eigenvalue weighted by atomic mass is 10.1. The van der Waals surface area contributed by atoms with E-state index in [1.54, 1.807) is 4.57 Å². The van der Waals surface area contributed by atoms with Gasteiger partial charge < -0.3 is 4.74 Å². The van der Waals surface area contributed by atoms with Gasteiger partial charge in [-0.2, -0.15) is 8.78 Å². The molecule has 4 nitrogen and oxygen atoms in total. The maximum Gasteiger partial charge on any atom is 0.304 e. The summed E-state index contributed by atoms with van der Waals surface area (Å²) in [6.45, 7) is 0.330. The predicted molar refractivity (Wildman–Crippen MR) is 77.8 cm³/mol. The Morgan fingerprint density at radius 2 is 1.54 bits per heavy atom. The first-order chi connectivity index (χ1) is 12.5. The van der Waals surface area contributed by atoms with E-state index >= 15 is 0 Å². The fourth-order valence-electron chi connectivity index (χ4n) is 2.93. The van der Waals surface area contributed by atoms with Crippen LogP contribution in [0.2, 0.25) is 0 Å². The molecule has 0 saturated carbocycles. The summed E-state index contributed by atoms with van der Waals surface area (Å²) >= 11 is 0. The minimum atomic E-state index is -2.21. The van der Waals surface area contributed by atoms with Gasteiger partial charge in [0.15, 0.2) is 0 Å². The monoisotopic (exact) mass is 368 g/mol. The molecular weight excluding hydrogens is 357 g/mol. The number of rotatable bonds is 2. The average Bonchev–Trinajstić information content (AvgIpc) is 3.09. The van der Waals surface area contributed by atoms with E-state index in [0.29, 0.717) is 10.5 Å². The molecule has 0 saturated heterocycles. The first kappa shape index (κ1) is 16.6. The van der Waals surface area contributed by atoms with Crippen molar-refractivity contribution >= 4 is 0 Å². The van der Waals surface area contributed by atoms with Gasteiger partial charge in [0.1, 0.15) is 12.6 Å². The molecule has 1 atom stereocenters. The molecule has 0 spiro atoms. The summed E-state index contributed by atoms with van der Waals surface area (Å²) in [6.07, 6.45) is 1.20. The van der Waals surface area contributed by atoms with E-state index < -0.39 is 34.8 Å². The van der Waals surface area contributed by atoms with E-state index in [0.717, 1.165) is 5.56 Å². The SMILES string of the molecule is Fc1c(F)c(F)c(-n2c[n+]3c(n2)COC[C@@H]3c2ccccc2)c(F)c1F. The highest BCUT2D eigenvalue weighted by molar-refractivity contribution is 5.36. The average molecular weight is 368 g/mol. The van der Waals surface area contributed by atoms with Crippen molar-refractivity contribution in [3.8, 4) is 5.69 Å². The Morgan fingerprint density at radius 3 is 2.19 bits per heavy atom. The van der Waals surface area contributed by atoms with Crippen molar-refractivity contribution in [1.82, 2.24) is 9.78 Å². The summed E-state index contributed by atoms with van der Waals surface area (Å²) in [7, 11) is 0. The lowest BCUT2D eigenvalue weighted by molar-refractivity contribution is -0.734. The molecule has 0 unspecified atom stereocenters. The Labute approximate surface area is 144 Å². The minimum Gasteiger partial charge on any atom is -0.366 e. The van der Waals surface area contributed by atoms with Crippen LogP contribution in [0.5, 0.6) is 0 Å². The fourth-order valence-corrected chi connectivity index (χ4v) is 2.93. The first-order valence-electron chi connectivity index (χ1n) is 7.63. The van der Waals surface area contributed by atoms with Gasteiger partial charge in [-0.15, -0.1) is 0 Å². The number of hydrogen-bond donors (Lipinski definition) is 0. The van der Waals surface area contributed by atoms with Crippen molar-refractivity contribution in [2.24, 2.45) is 0 Å². The summed E-state index contributed by atoms with van der Waals surface area (Å²) in [5.74, 6) is -9.84. The first-order valence-corrected chi connectivity index (χ1v) is 7.63. The van der Waals surface area contributed by atoms with Crippen LogP contribution in [-0.2, 0) is 11.3 Å². The van der Waals surface area contributed by atoms with Crippen LogP contribution >= 0.6 is 0 Å². The Balaban J connectivity index is 1.87. The third-order valence-electron chi connectivity index (χ3n) is 4.20. The fraction of sp³-hybridized carbons (Fsp3) is 0.176. The maximum absolute atomic E-state index is 14.1. The highest BCUT2D eigenvalue weighted by Gasteiger charge is 2.35. The molecule has 0 fully saturated rings. The van der Waals surface area contributed by atoms with E-state index in [9.17, 15) is 22.0 Å². The molecular formula is C17H11F5N3O+. The van der Waals surface area contributed by atoms with Gasteiger partial charge in [-0.05, 0) is 5.56 Å². The van der Waals surface area contributed by atoms with Crippen LogP contribution in [0, 0.1) is 29.1 Å². The second kappa shape index (κ2) is 6.17. The molecule has 0 bridgehead atoms. The highest BCUT2D eigenvalue weighted by Crippen LogP contribution is 2.26. The lowest BCUT2D eigenvalue weighted by Gasteiger charge is -2.20. The standard InChI is InChI=1S/C17H11F5N3O/c18-12-13(19)15(21)17(16(22)14(12)20)25-8-24-10(6-26-7-11(24)23-25)9-4-2-1-3-5-9/h1-5,8,10H,6-7H2/q+1/t10-/m1/s1. The van der Waals surface area contributed by atoms with Crippen LogP contribution in [-0.4, -0.2) is 16.4 Å². The normalized spacial score (nSPS) is 16.6. The third-order valence-corrected chi connectivity index (χ3v) is 4.20. The molecule has 26 heavy (non-hydrogen) atoms. The zero-order valence-corrected chi connectivity index (χ0v) is 13.1. The van der Waals surface area contributed by atoms with Crippen molar-refractivity contribution in [1.29, 1.82) is 0 Å². The molecule has 3 aromatic rings. The number of ether oxygens (including phenoxy) is 1. The molecule has 0 aliphatic carbocycles. The van der Waals surface area contributed by atoms with Crippen molar-refractivity contribution in [3.05, 3.63) is 77.1 Å². The number of benzene rings is 2.